The van der Waals surface area contributed by atoms with Crippen molar-refractivity contribution in [1.29, 1.82) is 0 Å². The predicted molar refractivity (Wildman–Crippen MR) is 66.9 cm³/mol. The first-order valence-corrected chi connectivity index (χ1v) is 5.72. The average Bonchev–Trinajstić information content (AvgIpc) is 2.31. The van der Waals surface area contributed by atoms with E-state index < -0.39 is 11.6 Å². The van der Waals surface area contributed by atoms with E-state index in [0.29, 0.717) is 6.07 Å². The van der Waals surface area contributed by atoms with Crippen LogP contribution in [0.3, 0.4) is 0 Å². The summed E-state index contributed by atoms with van der Waals surface area (Å²) in [6.07, 6.45) is 0. The summed E-state index contributed by atoms with van der Waals surface area (Å²) in [7, 11) is 0. The van der Waals surface area contributed by atoms with E-state index in [4.69, 9.17) is 17.3 Å². The molecule has 2 aromatic rings. The zero-order valence-corrected chi connectivity index (χ0v) is 10.2. The van der Waals surface area contributed by atoms with Gasteiger partial charge in [0.25, 0.3) is 0 Å². The van der Waals surface area contributed by atoms with Gasteiger partial charge >= 0.3 is 0 Å². The zero-order valence-electron chi connectivity index (χ0n) is 9.39. The van der Waals surface area contributed by atoms with Crippen LogP contribution < -0.4 is 22.7 Å². The maximum absolute atomic E-state index is 13.5. The Balaban J connectivity index is 2.37. The van der Waals surface area contributed by atoms with Crippen LogP contribution in [0, 0.1) is 11.6 Å². The van der Waals surface area contributed by atoms with Crippen LogP contribution in [0.25, 0.3) is 0 Å². The van der Waals surface area contributed by atoms with E-state index in [1.165, 1.54) is 6.07 Å². The molecule has 2 heterocycles. The monoisotopic (exact) mass is 285 g/mol. The molecule has 0 atom stereocenters. The number of nitrogens with one attached hydrogen (secondary N) is 1. The van der Waals surface area contributed by atoms with Crippen molar-refractivity contribution in [2.45, 2.75) is 10.2 Å². The summed E-state index contributed by atoms with van der Waals surface area (Å²) in [5.74, 6) is 3.26. The van der Waals surface area contributed by atoms with Gasteiger partial charge in [0.2, 0.25) is 0 Å². The first-order chi connectivity index (χ1) is 8.99. The molecule has 0 saturated heterocycles. The first kappa shape index (κ1) is 13.2. The quantitative estimate of drug-likeness (QED) is 0.369. The molecule has 0 aliphatic carbocycles. The Labute approximate surface area is 110 Å². The molecule has 0 amide bonds. The minimum absolute atomic E-state index is 0.0958. The molecule has 0 aliphatic rings. The molecular formula is C9H9F2N7S. The fourth-order valence-electron chi connectivity index (χ4n) is 1.22. The smallest absolute Gasteiger partial charge is 0.197 e. The molecule has 100 valence electrons. The number of nitrogens with zero attached hydrogens (tertiary/aromatic N) is 3. The van der Waals surface area contributed by atoms with Crippen molar-refractivity contribution in [3.63, 3.8) is 0 Å². The third kappa shape index (κ3) is 2.98. The van der Waals surface area contributed by atoms with Gasteiger partial charge in [0.15, 0.2) is 22.6 Å². The lowest BCUT2D eigenvalue weighted by Gasteiger charge is -2.06. The normalized spacial score (nSPS) is 10.5. The Kier molecular flexibility index (Phi) is 3.62. The van der Waals surface area contributed by atoms with E-state index in [2.05, 4.69) is 15.0 Å². The molecule has 0 aromatic carbocycles. The predicted octanol–water partition coefficient (Wildman–Crippen LogP) is 0.751. The molecule has 0 spiro atoms. The minimum Gasteiger partial charge on any atom is -0.383 e. The first-order valence-electron chi connectivity index (χ1n) is 4.90. The topological polar surface area (TPSA) is 129 Å². The second-order valence-electron chi connectivity index (χ2n) is 3.35. The Hall–Kier alpha value is -2.20. The van der Waals surface area contributed by atoms with Crippen LogP contribution >= 0.6 is 11.8 Å². The Morgan fingerprint density at radius 2 is 1.63 bits per heavy atom. The number of anilines is 3. The number of hydrazine groups is 1. The van der Waals surface area contributed by atoms with Crippen LogP contribution in [0.4, 0.5) is 26.2 Å². The largest absolute Gasteiger partial charge is 0.383 e. The van der Waals surface area contributed by atoms with Crippen molar-refractivity contribution >= 4 is 29.2 Å². The molecule has 0 saturated carbocycles. The van der Waals surface area contributed by atoms with Gasteiger partial charge in [-0.1, -0.05) is 0 Å². The fraction of sp³-hybridized carbons (Fsp3) is 0. The van der Waals surface area contributed by atoms with Crippen molar-refractivity contribution in [3.05, 3.63) is 23.8 Å². The lowest BCUT2D eigenvalue weighted by atomic mass is 10.4. The molecule has 0 radical (unpaired) electrons. The molecule has 7 nitrogen and oxygen atoms in total. The third-order valence-corrected chi connectivity index (χ3v) is 2.81. The van der Waals surface area contributed by atoms with Gasteiger partial charge in [0.05, 0.1) is 0 Å². The summed E-state index contributed by atoms with van der Waals surface area (Å²) in [6.45, 7) is 0. The Morgan fingerprint density at radius 3 is 2.21 bits per heavy atom. The van der Waals surface area contributed by atoms with E-state index in [0.717, 1.165) is 11.8 Å². The molecule has 19 heavy (non-hydrogen) atoms. The van der Waals surface area contributed by atoms with Gasteiger partial charge in [0, 0.05) is 12.1 Å². The Bertz CT molecular complexity index is 602. The highest BCUT2D eigenvalue weighted by Gasteiger charge is 2.14. The number of nitrogen functional groups attached to an aromatic ring is 3. The van der Waals surface area contributed by atoms with Crippen molar-refractivity contribution < 1.29 is 8.78 Å². The number of hydrogen-bond donors (Lipinski definition) is 4. The van der Waals surface area contributed by atoms with Crippen molar-refractivity contribution in [2.24, 2.45) is 5.84 Å². The van der Waals surface area contributed by atoms with E-state index in [9.17, 15) is 8.78 Å². The standard InChI is InChI=1S/C9H9F2N7S/c10-3-1-4(11)8(17-7(3)18-14)19-9-15-5(12)2-6(13)16-9/h1-2H,14H2,(H,17,18)(H4,12,13,15,16). The summed E-state index contributed by atoms with van der Waals surface area (Å²) in [5.41, 5.74) is 13.0. The van der Waals surface area contributed by atoms with Crippen LogP contribution in [0.1, 0.15) is 0 Å². The van der Waals surface area contributed by atoms with E-state index in [1.807, 2.05) is 5.43 Å². The van der Waals surface area contributed by atoms with Gasteiger partial charge in [0.1, 0.15) is 16.7 Å². The number of rotatable bonds is 3. The lowest BCUT2D eigenvalue weighted by Crippen LogP contribution is -2.11. The summed E-state index contributed by atoms with van der Waals surface area (Å²) in [4.78, 5) is 11.4. The number of nitrogens with two attached hydrogens (primary N) is 3. The Morgan fingerprint density at radius 1 is 1.00 bits per heavy atom. The molecule has 2 rings (SSSR count). The molecule has 0 unspecified atom stereocenters. The minimum atomic E-state index is -0.905. The van der Waals surface area contributed by atoms with Gasteiger partial charge in [-0.3, -0.25) is 0 Å². The average molecular weight is 285 g/mol. The van der Waals surface area contributed by atoms with Crippen molar-refractivity contribution in [1.82, 2.24) is 15.0 Å². The lowest BCUT2D eigenvalue weighted by molar-refractivity contribution is 0.551. The summed E-state index contributed by atoms with van der Waals surface area (Å²) in [5, 5.41) is -0.0576. The molecule has 0 aliphatic heterocycles. The van der Waals surface area contributed by atoms with Gasteiger partial charge in [-0.25, -0.2) is 29.6 Å². The summed E-state index contributed by atoms with van der Waals surface area (Å²) in [6, 6.07) is 2.01. The molecular weight excluding hydrogens is 276 g/mol. The third-order valence-electron chi connectivity index (χ3n) is 1.97. The van der Waals surface area contributed by atoms with E-state index in [-0.39, 0.29) is 27.6 Å². The second kappa shape index (κ2) is 5.20. The maximum atomic E-state index is 13.5. The second-order valence-corrected chi connectivity index (χ2v) is 4.31. The van der Waals surface area contributed by atoms with Crippen LogP contribution in [-0.2, 0) is 0 Å². The van der Waals surface area contributed by atoms with Crippen LogP contribution in [-0.4, -0.2) is 15.0 Å². The highest BCUT2D eigenvalue weighted by Crippen LogP contribution is 2.28. The molecule has 0 bridgehead atoms. The fourth-order valence-corrected chi connectivity index (χ4v) is 1.98. The SMILES string of the molecule is NNc1nc(Sc2nc(N)cc(N)n2)c(F)cc1F. The summed E-state index contributed by atoms with van der Waals surface area (Å²) < 4.78 is 26.7. The van der Waals surface area contributed by atoms with E-state index >= 15 is 0 Å². The number of aromatic nitrogens is 3. The van der Waals surface area contributed by atoms with Crippen LogP contribution in [0.2, 0.25) is 0 Å². The summed E-state index contributed by atoms with van der Waals surface area (Å²) >= 11 is 0.750. The van der Waals surface area contributed by atoms with Gasteiger partial charge in [-0.15, -0.1) is 0 Å². The van der Waals surface area contributed by atoms with E-state index in [1.54, 1.807) is 0 Å². The highest BCUT2D eigenvalue weighted by molar-refractivity contribution is 7.99. The van der Waals surface area contributed by atoms with Gasteiger partial charge in [-0.05, 0) is 11.8 Å². The molecule has 0 fully saturated rings. The molecule has 10 heteroatoms. The van der Waals surface area contributed by atoms with Crippen LogP contribution in [0.15, 0.2) is 22.3 Å². The van der Waals surface area contributed by atoms with Crippen molar-refractivity contribution in [3.8, 4) is 0 Å². The van der Waals surface area contributed by atoms with Gasteiger partial charge < -0.3 is 16.9 Å². The number of hydrogen-bond acceptors (Lipinski definition) is 8. The number of halogens is 2. The number of pyridine rings is 1. The maximum Gasteiger partial charge on any atom is 0.197 e. The highest BCUT2D eigenvalue weighted by atomic mass is 32.2. The zero-order chi connectivity index (χ0) is 14.0. The molecule has 2 aromatic heterocycles. The van der Waals surface area contributed by atoms with Crippen LogP contribution in [0.5, 0.6) is 0 Å². The van der Waals surface area contributed by atoms with Crippen molar-refractivity contribution in [2.75, 3.05) is 16.9 Å². The van der Waals surface area contributed by atoms with Gasteiger partial charge in [-0.2, -0.15) is 0 Å². The molecule has 7 N–H and O–H groups in total.